The number of benzene rings is 2. The second-order valence-electron chi connectivity index (χ2n) is 8.26. The summed E-state index contributed by atoms with van der Waals surface area (Å²) in [6.07, 6.45) is 2.32. The van der Waals surface area contributed by atoms with Crippen LogP contribution in [0.25, 0.3) is 0 Å². The smallest absolute Gasteiger partial charge is 0.173 e. The van der Waals surface area contributed by atoms with Crippen molar-refractivity contribution < 1.29 is 18.3 Å². The SMILES string of the molecule is OC(c1cccc(F)c1)(c1cccc(F)c1)c1ccc(CN(Cc2ccsc2)C2CC2)o1. The average Bonchev–Trinajstić information content (AvgIpc) is 3.30. The molecule has 5 rings (SSSR count). The number of furan rings is 1. The summed E-state index contributed by atoms with van der Waals surface area (Å²) in [7, 11) is 0. The molecule has 32 heavy (non-hydrogen) atoms. The normalized spacial score (nSPS) is 14.2. The molecule has 0 saturated heterocycles. The number of hydrogen-bond acceptors (Lipinski definition) is 4. The molecule has 1 aliphatic rings. The highest BCUT2D eigenvalue weighted by Crippen LogP contribution is 2.39. The van der Waals surface area contributed by atoms with Gasteiger partial charge in [0.2, 0.25) is 0 Å². The van der Waals surface area contributed by atoms with E-state index in [-0.39, 0.29) is 16.9 Å². The van der Waals surface area contributed by atoms with Gasteiger partial charge in [0.1, 0.15) is 23.2 Å². The lowest BCUT2D eigenvalue weighted by Gasteiger charge is -2.27. The molecule has 2 heterocycles. The van der Waals surface area contributed by atoms with Crippen molar-refractivity contribution in [3.8, 4) is 0 Å². The molecule has 0 radical (unpaired) electrons. The maximum absolute atomic E-state index is 14.0. The van der Waals surface area contributed by atoms with Crippen LogP contribution in [0.4, 0.5) is 8.78 Å². The molecule has 4 aromatic rings. The molecule has 2 aromatic heterocycles. The monoisotopic (exact) mass is 451 g/mol. The van der Waals surface area contributed by atoms with Crippen LogP contribution in [-0.4, -0.2) is 16.0 Å². The van der Waals surface area contributed by atoms with E-state index in [2.05, 4.69) is 21.7 Å². The first-order valence-corrected chi connectivity index (χ1v) is 11.6. The molecule has 1 N–H and O–H groups in total. The number of rotatable bonds is 8. The molecule has 1 fully saturated rings. The minimum atomic E-state index is -1.82. The number of nitrogens with zero attached hydrogens (tertiary/aromatic N) is 1. The van der Waals surface area contributed by atoms with Gasteiger partial charge in [-0.2, -0.15) is 11.3 Å². The van der Waals surface area contributed by atoms with Gasteiger partial charge in [0.15, 0.2) is 5.60 Å². The maximum Gasteiger partial charge on any atom is 0.173 e. The zero-order valence-electron chi connectivity index (χ0n) is 17.4. The van der Waals surface area contributed by atoms with Crippen LogP contribution in [-0.2, 0) is 18.7 Å². The number of hydrogen-bond donors (Lipinski definition) is 1. The molecule has 0 bridgehead atoms. The average molecular weight is 452 g/mol. The van der Waals surface area contributed by atoms with Crippen LogP contribution in [0.15, 0.2) is 81.9 Å². The summed E-state index contributed by atoms with van der Waals surface area (Å²) in [6, 6.07) is 17.6. The van der Waals surface area contributed by atoms with E-state index in [1.165, 1.54) is 42.0 Å². The number of aliphatic hydroxyl groups is 1. The van der Waals surface area contributed by atoms with E-state index in [4.69, 9.17) is 4.42 Å². The predicted molar refractivity (Wildman–Crippen MR) is 120 cm³/mol. The van der Waals surface area contributed by atoms with Crippen molar-refractivity contribution in [1.29, 1.82) is 0 Å². The molecule has 2 aromatic carbocycles. The lowest BCUT2D eigenvalue weighted by molar-refractivity contribution is 0.0943. The van der Waals surface area contributed by atoms with Crippen LogP contribution in [0.2, 0.25) is 0 Å². The highest BCUT2D eigenvalue weighted by Gasteiger charge is 2.38. The Morgan fingerprint density at radius 1 is 0.938 bits per heavy atom. The molecule has 0 aliphatic heterocycles. The standard InChI is InChI=1S/C26H23F2NO2S/c27-21-5-1-3-19(13-21)26(30,20-4-2-6-22(28)14-20)25-10-9-24(31-25)16-29(23-7-8-23)15-18-11-12-32-17-18/h1-6,9-14,17,23,30H,7-8,15-16H2. The van der Waals surface area contributed by atoms with Crippen molar-refractivity contribution in [2.75, 3.05) is 0 Å². The Morgan fingerprint density at radius 2 is 1.62 bits per heavy atom. The fourth-order valence-corrected chi connectivity index (χ4v) is 4.77. The first-order valence-electron chi connectivity index (χ1n) is 10.6. The van der Waals surface area contributed by atoms with Crippen LogP contribution in [0, 0.1) is 11.6 Å². The molecule has 6 heteroatoms. The highest BCUT2D eigenvalue weighted by atomic mass is 32.1. The van der Waals surface area contributed by atoms with Crippen molar-refractivity contribution in [2.45, 2.75) is 37.6 Å². The summed E-state index contributed by atoms with van der Waals surface area (Å²) in [4.78, 5) is 2.37. The second kappa shape index (κ2) is 8.62. The Bertz CT molecular complexity index is 1150. The van der Waals surface area contributed by atoms with Crippen molar-refractivity contribution >= 4 is 11.3 Å². The van der Waals surface area contributed by atoms with Gasteiger partial charge in [0, 0.05) is 12.6 Å². The van der Waals surface area contributed by atoms with Crippen molar-refractivity contribution in [3.05, 3.63) is 117 Å². The first-order chi connectivity index (χ1) is 15.5. The quantitative estimate of drug-likeness (QED) is 0.353. The van der Waals surface area contributed by atoms with Crippen LogP contribution < -0.4 is 0 Å². The lowest BCUT2D eigenvalue weighted by atomic mass is 9.84. The second-order valence-corrected chi connectivity index (χ2v) is 9.04. The summed E-state index contributed by atoms with van der Waals surface area (Å²) in [6.45, 7) is 1.44. The van der Waals surface area contributed by atoms with Crippen LogP contribution in [0.1, 0.15) is 41.1 Å². The summed E-state index contributed by atoms with van der Waals surface area (Å²) in [5.74, 6) is -0.0390. The zero-order chi connectivity index (χ0) is 22.1. The van der Waals surface area contributed by atoms with Gasteiger partial charge >= 0.3 is 0 Å². The van der Waals surface area contributed by atoms with Crippen LogP contribution in [0.5, 0.6) is 0 Å². The third kappa shape index (κ3) is 4.26. The van der Waals surface area contributed by atoms with Crippen LogP contribution >= 0.6 is 11.3 Å². The van der Waals surface area contributed by atoms with Gasteiger partial charge in [-0.15, -0.1) is 0 Å². The molecule has 164 valence electrons. The van der Waals surface area contributed by atoms with E-state index < -0.39 is 17.2 Å². The maximum atomic E-state index is 14.0. The van der Waals surface area contributed by atoms with E-state index in [1.807, 2.05) is 6.07 Å². The lowest BCUT2D eigenvalue weighted by Crippen LogP contribution is -2.29. The summed E-state index contributed by atoms with van der Waals surface area (Å²) in [5, 5.41) is 16.0. The largest absolute Gasteiger partial charge is 0.461 e. The minimum absolute atomic E-state index is 0.231. The molecule has 0 spiro atoms. The number of thiophene rings is 1. The molecule has 0 amide bonds. The van der Waals surface area contributed by atoms with E-state index in [9.17, 15) is 13.9 Å². The zero-order valence-corrected chi connectivity index (χ0v) is 18.2. The van der Waals surface area contributed by atoms with Gasteiger partial charge in [-0.3, -0.25) is 4.90 Å². The minimum Gasteiger partial charge on any atom is -0.461 e. The highest BCUT2D eigenvalue weighted by molar-refractivity contribution is 7.07. The Kier molecular flexibility index (Phi) is 5.67. The first kappa shape index (κ1) is 21.1. The van der Waals surface area contributed by atoms with E-state index in [1.54, 1.807) is 29.5 Å². The summed E-state index contributed by atoms with van der Waals surface area (Å²) >= 11 is 1.68. The van der Waals surface area contributed by atoms with E-state index in [0.29, 0.717) is 18.3 Å². The van der Waals surface area contributed by atoms with Crippen molar-refractivity contribution in [2.24, 2.45) is 0 Å². The predicted octanol–water partition coefficient (Wildman–Crippen LogP) is 6.07. The Balaban J connectivity index is 1.49. The molecule has 0 unspecified atom stereocenters. The fraction of sp³-hybridized carbons (Fsp3) is 0.231. The third-order valence-electron chi connectivity index (χ3n) is 5.89. The Labute approximate surface area is 189 Å². The van der Waals surface area contributed by atoms with Crippen LogP contribution in [0.3, 0.4) is 0 Å². The van der Waals surface area contributed by atoms with Gasteiger partial charge in [-0.25, -0.2) is 8.78 Å². The summed E-state index contributed by atoms with van der Waals surface area (Å²) < 4.78 is 34.2. The molecule has 1 aliphatic carbocycles. The molecule has 0 atom stereocenters. The van der Waals surface area contributed by atoms with Gasteiger partial charge in [-0.05, 0) is 82.8 Å². The van der Waals surface area contributed by atoms with E-state index in [0.717, 1.165) is 19.4 Å². The van der Waals surface area contributed by atoms with Gasteiger partial charge < -0.3 is 9.52 Å². The summed E-state index contributed by atoms with van der Waals surface area (Å²) in [5.41, 5.74) is 0.00702. The van der Waals surface area contributed by atoms with Gasteiger partial charge in [-0.1, -0.05) is 24.3 Å². The molecular formula is C26H23F2NO2S. The van der Waals surface area contributed by atoms with E-state index >= 15 is 0 Å². The fourth-order valence-electron chi connectivity index (χ4n) is 4.11. The van der Waals surface area contributed by atoms with Crippen molar-refractivity contribution in [1.82, 2.24) is 4.90 Å². The van der Waals surface area contributed by atoms with Gasteiger partial charge in [0.25, 0.3) is 0 Å². The third-order valence-corrected chi connectivity index (χ3v) is 6.62. The molecular weight excluding hydrogens is 428 g/mol. The Morgan fingerprint density at radius 3 is 2.19 bits per heavy atom. The molecule has 1 saturated carbocycles. The molecule has 3 nitrogen and oxygen atoms in total. The van der Waals surface area contributed by atoms with Crippen molar-refractivity contribution in [3.63, 3.8) is 0 Å². The number of halogens is 2. The Hall–Kier alpha value is -2.80. The topological polar surface area (TPSA) is 36.6 Å². The van der Waals surface area contributed by atoms with Gasteiger partial charge in [0.05, 0.1) is 6.54 Å².